The normalized spacial score (nSPS) is 10.7. The van der Waals surface area contributed by atoms with Crippen LogP contribution in [0, 0.1) is 17.5 Å². The SMILES string of the molecule is CCCCc1c(F)c(F)cc(CC)c1F. The van der Waals surface area contributed by atoms with Crippen LogP contribution in [0.1, 0.15) is 37.8 Å². The molecule has 1 aromatic carbocycles. The van der Waals surface area contributed by atoms with Crippen LogP contribution in [0.4, 0.5) is 13.2 Å². The topological polar surface area (TPSA) is 0 Å². The monoisotopic (exact) mass is 216 g/mol. The van der Waals surface area contributed by atoms with E-state index in [0.29, 0.717) is 12.8 Å². The Labute approximate surface area is 88.1 Å². The van der Waals surface area contributed by atoms with E-state index in [1.165, 1.54) is 0 Å². The van der Waals surface area contributed by atoms with Gasteiger partial charge in [-0.3, -0.25) is 0 Å². The fraction of sp³-hybridized carbons (Fsp3) is 0.500. The lowest BCUT2D eigenvalue weighted by Crippen LogP contribution is -2.03. The summed E-state index contributed by atoms with van der Waals surface area (Å²) in [5, 5.41) is 0. The smallest absolute Gasteiger partial charge is 0.164 e. The van der Waals surface area contributed by atoms with Gasteiger partial charge in [0, 0.05) is 5.56 Å². The molecule has 0 radical (unpaired) electrons. The average Bonchev–Trinajstić information content (AvgIpc) is 2.23. The third-order valence-electron chi connectivity index (χ3n) is 2.48. The highest BCUT2D eigenvalue weighted by atomic mass is 19.2. The van der Waals surface area contributed by atoms with Crippen LogP contribution in [0.25, 0.3) is 0 Å². The predicted molar refractivity (Wildman–Crippen MR) is 54.3 cm³/mol. The molecular weight excluding hydrogens is 201 g/mol. The van der Waals surface area contributed by atoms with Crippen molar-refractivity contribution >= 4 is 0 Å². The van der Waals surface area contributed by atoms with E-state index in [1.807, 2.05) is 6.92 Å². The van der Waals surface area contributed by atoms with E-state index >= 15 is 0 Å². The number of hydrogen-bond donors (Lipinski definition) is 0. The highest BCUT2D eigenvalue weighted by Crippen LogP contribution is 2.22. The first-order valence-electron chi connectivity index (χ1n) is 5.27. The van der Waals surface area contributed by atoms with Gasteiger partial charge in [0.1, 0.15) is 5.82 Å². The minimum absolute atomic E-state index is 0.103. The van der Waals surface area contributed by atoms with Crippen LogP contribution in [0.3, 0.4) is 0 Å². The zero-order valence-electron chi connectivity index (χ0n) is 9.04. The maximum atomic E-state index is 13.6. The maximum absolute atomic E-state index is 13.6. The van der Waals surface area contributed by atoms with Crippen molar-refractivity contribution in [2.24, 2.45) is 0 Å². The van der Waals surface area contributed by atoms with Crippen molar-refractivity contribution in [1.29, 1.82) is 0 Å². The molecule has 0 N–H and O–H groups in total. The first-order valence-corrected chi connectivity index (χ1v) is 5.27. The van der Waals surface area contributed by atoms with Crippen LogP contribution < -0.4 is 0 Å². The van der Waals surface area contributed by atoms with Gasteiger partial charge in [0.05, 0.1) is 0 Å². The number of hydrogen-bond acceptors (Lipinski definition) is 0. The predicted octanol–water partition coefficient (Wildman–Crippen LogP) is 4.01. The highest BCUT2D eigenvalue weighted by Gasteiger charge is 2.16. The van der Waals surface area contributed by atoms with E-state index in [1.54, 1.807) is 6.92 Å². The molecule has 0 nitrogen and oxygen atoms in total. The van der Waals surface area contributed by atoms with E-state index in [2.05, 4.69) is 0 Å². The van der Waals surface area contributed by atoms with Gasteiger partial charge in [0.25, 0.3) is 0 Å². The highest BCUT2D eigenvalue weighted by molar-refractivity contribution is 5.29. The maximum Gasteiger partial charge on any atom is 0.164 e. The molecule has 0 amide bonds. The van der Waals surface area contributed by atoms with Crippen LogP contribution in [0.5, 0.6) is 0 Å². The van der Waals surface area contributed by atoms with Crippen molar-refractivity contribution in [2.45, 2.75) is 39.5 Å². The minimum Gasteiger partial charge on any atom is -0.206 e. The van der Waals surface area contributed by atoms with Crippen LogP contribution in [-0.4, -0.2) is 0 Å². The Kier molecular flexibility index (Phi) is 4.18. The molecule has 0 atom stereocenters. The van der Waals surface area contributed by atoms with Crippen LogP contribution in [0.15, 0.2) is 6.07 Å². The Bertz CT molecular complexity index is 345. The van der Waals surface area contributed by atoms with Crippen molar-refractivity contribution in [2.75, 3.05) is 0 Å². The molecule has 0 saturated carbocycles. The number of rotatable bonds is 4. The summed E-state index contributed by atoms with van der Waals surface area (Å²) in [5.74, 6) is -2.55. The second-order valence-electron chi connectivity index (χ2n) is 3.58. The molecule has 0 aliphatic heterocycles. The molecule has 0 aliphatic carbocycles. The molecule has 0 saturated heterocycles. The molecule has 84 valence electrons. The lowest BCUT2D eigenvalue weighted by molar-refractivity contribution is 0.472. The van der Waals surface area contributed by atoms with E-state index in [0.717, 1.165) is 12.5 Å². The quantitative estimate of drug-likeness (QED) is 0.667. The third-order valence-corrected chi connectivity index (χ3v) is 2.48. The summed E-state index contributed by atoms with van der Waals surface area (Å²) in [6.07, 6.45) is 2.14. The summed E-state index contributed by atoms with van der Waals surface area (Å²) in [6, 6.07) is 0.945. The van der Waals surface area contributed by atoms with E-state index in [-0.39, 0.29) is 17.5 Å². The van der Waals surface area contributed by atoms with Gasteiger partial charge in [-0.05, 0) is 30.9 Å². The zero-order valence-corrected chi connectivity index (χ0v) is 9.04. The Morgan fingerprint density at radius 2 is 1.73 bits per heavy atom. The number of aryl methyl sites for hydroxylation is 1. The summed E-state index contributed by atoms with van der Waals surface area (Å²) in [6.45, 7) is 3.65. The van der Waals surface area contributed by atoms with Gasteiger partial charge < -0.3 is 0 Å². The van der Waals surface area contributed by atoms with Gasteiger partial charge >= 0.3 is 0 Å². The van der Waals surface area contributed by atoms with Crippen molar-refractivity contribution in [1.82, 2.24) is 0 Å². The second kappa shape index (κ2) is 5.19. The van der Waals surface area contributed by atoms with E-state index in [4.69, 9.17) is 0 Å². The third kappa shape index (κ3) is 2.52. The summed E-state index contributed by atoms with van der Waals surface area (Å²) in [4.78, 5) is 0. The van der Waals surface area contributed by atoms with E-state index < -0.39 is 17.5 Å². The van der Waals surface area contributed by atoms with Crippen LogP contribution in [0.2, 0.25) is 0 Å². The van der Waals surface area contributed by atoms with Crippen molar-refractivity contribution in [3.05, 3.63) is 34.6 Å². The molecular formula is C12H15F3. The summed E-state index contributed by atoms with van der Waals surface area (Å²) >= 11 is 0. The van der Waals surface area contributed by atoms with Gasteiger partial charge in [0.15, 0.2) is 11.6 Å². The Balaban J connectivity index is 3.15. The molecule has 0 bridgehead atoms. The van der Waals surface area contributed by atoms with Gasteiger partial charge in [-0.1, -0.05) is 20.3 Å². The van der Waals surface area contributed by atoms with Gasteiger partial charge in [-0.15, -0.1) is 0 Å². The van der Waals surface area contributed by atoms with Crippen LogP contribution in [-0.2, 0) is 12.8 Å². The molecule has 0 heterocycles. The molecule has 0 aliphatic rings. The molecule has 0 aromatic heterocycles. The first-order chi connectivity index (χ1) is 7.11. The number of unbranched alkanes of at least 4 members (excludes halogenated alkanes) is 1. The summed E-state index contributed by atoms with van der Waals surface area (Å²) < 4.78 is 40.0. The van der Waals surface area contributed by atoms with Crippen molar-refractivity contribution in [3.63, 3.8) is 0 Å². The fourth-order valence-corrected chi connectivity index (χ4v) is 1.54. The second-order valence-corrected chi connectivity index (χ2v) is 3.58. The molecule has 3 heteroatoms. The molecule has 15 heavy (non-hydrogen) atoms. The first kappa shape index (κ1) is 12.1. The fourth-order valence-electron chi connectivity index (χ4n) is 1.54. The number of benzene rings is 1. The van der Waals surface area contributed by atoms with E-state index in [9.17, 15) is 13.2 Å². The summed E-state index contributed by atoms with van der Waals surface area (Å²) in [5.41, 5.74) is 0.147. The average molecular weight is 216 g/mol. The zero-order chi connectivity index (χ0) is 11.4. The molecule has 0 unspecified atom stereocenters. The lowest BCUT2D eigenvalue weighted by Gasteiger charge is -2.09. The van der Waals surface area contributed by atoms with Crippen molar-refractivity contribution < 1.29 is 13.2 Å². The Morgan fingerprint density at radius 1 is 1.07 bits per heavy atom. The standard InChI is InChI=1S/C12H15F3/c1-3-5-6-9-11(14)8(4-2)7-10(13)12(9)15/h7H,3-6H2,1-2H3. The lowest BCUT2D eigenvalue weighted by atomic mass is 10.0. The van der Waals surface area contributed by atoms with Gasteiger partial charge in [0.2, 0.25) is 0 Å². The van der Waals surface area contributed by atoms with Crippen LogP contribution >= 0.6 is 0 Å². The molecule has 0 fully saturated rings. The molecule has 0 spiro atoms. The largest absolute Gasteiger partial charge is 0.206 e. The number of halogens is 3. The van der Waals surface area contributed by atoms with Gasteiger partial charge in [-0.2, -0.15) is 0 Å². The minimum atomic E-state index is -1.03. The Hall–Kier alpha value is -0.990. The molecule has 1 aromatic rings. The van der Waals surface area contributed by atoms with Crippen molar-refractivity contribution in [3.8, 4) is 0 Å². The molecule has 1 rings (SSSR count). The van der Waals surface area contributed by atoms with Gasteiger partial charge in [-0.25, -0.2) is 13.2 Å². The summed E-state index contributed by atoms with van der Waals surface area (Å²) in [7, 11) is 0. The Morgan fingerprint density at radius 3 is 2.27 bits per heavy atom.